The van der Waals surface area contributed by atoms with E-state index in [-0.39, 0.29) is 5.91 Å². The first-order chi connectivity index (χ1) is 9.52. The molecule has 1 aliphatic rings. The summed E-state index contributed by atoms with van der Waals surface area (Å²) in [5.41, 5.74) is 5.36. The molecule has 0 bridgehead atoms. The van der Waals surface area contributed by atoms with Crippen molar-refractivity contribution in [2.45, 2.75) is 33.2 Å². The van der Waals surface area contributed by atoms with Crippen molar-refractivity contribution >= 4 is 17.2 Å². The molecule has 1 aliphatic heterocycles. The third-order valence-corrected chi connectivity index (χ3v) is 4.98. The Labute approximate surface area is 125 Å². The fourth-order valence-corrected chi connectivity index (χ4v) is 3.62. The summed E-state index contributed by atoms with van der Waals surface area (Å²) in [7, 11) is 0. The first-order valence-corrected chi connectivity index (χ1v) is 7.94. The van der Waals surface area contributed by atoms with Gasteiger partial charge in [-0.15, -0.1) is 11.3 Å². The largest absolute Gasteiger partial charge is 0.335 e. The van der Waals surface area contributed by atoms with Gasteiger partial charge in [0, 0.05) is 12.6 Å². The van der Waals surface area contributed by atoms with E-state index in [9.17, 15) is 4.79 Å². The molecule has 3 unspecified atom stereocenters. The van der Waals surface area contributed by atoms with Crippen LogP contribution in [0.1, 0.15) is 41.7 Å². The van der Waals surface area contributed by atoms with Crippen LogP contribution in [-0.4, -0.2) is 29.9 Å². The summed E-state index contributed by atoms with van der Waals surface area (Å²) < 4.78 is 0. The quantitative estimate of drug-likeness (QED) is 0.808. The smallest absolute Gasteiger partial charge is 0.264 e. The number of hydrogen-bond donors (Lipinski definition) is 1. The monoisotopic (exact) mass is 290 g/mol. The fourth-order valence-electron chi connectivity index (χ4n) is 2.78. The lowest BCUT2D eigenvalue weighted by atomic mass is 9.86. The number of amides is 1. The second-order valence-electron chi connectivity index (χ2n) is 5.69. The third-order valence-electron chi connectivity index (χ3n) is 3.99. The van der Waals surface area contributed by atoms with Gasteiger partial charge in [0.25, 0.3) is 5.91 Å². The molecule has 0 radical (unpaired) electrons. The minimum absolute atomic E-state index is 0.140. The lowest BCUT2D eigenvalue weighted by Gasteiger charge is -2.40. The van der Waals surface area contributed by atoms with Gasteiger partial charge in [0.05, 0.1) is 16.3 Å². The zero-order valence-corrected chi connectivity index (χ0v) is 13.2. The number of carbonyl (C=O) groups excluding carboxylic acids is 1. The minimum atomic E-state index is 0.140. The number of nitrogens with zero attached hydrogens (tertiary/aromatic N) is 1. The van der Waals surface area contributed by atoms with Gasteiger partial charge in [0.1, 0.15) is 0 Å². The summed E-state index contributed by atoms with van der Waals surface area (Å²) in [5, 5.41) is 0. The molecule has 1 amide bonds. The normalized spacial score (nSPS) is 26.0. The van der Waals surface area contributed by atoms with Crippen molar-refractivity contribution in [1.82, 2.24) is 4.90 Å². The van der Waals surface area contributed by atoms with Crippen LogP contribution in [-0.2, 0) is 0 Å². The second-order valence-corrected chi connectivity index (χ2v) is 6.77. The van der Waals surface area contributed by atoms with Gasteiger partial charge in [-0.25, -0.2) is 0 Å². The van der Waals surface area contributed by atoms with E-state index in [4.69, 9.17) is 5.73 Å². The molecule has 0 aliphatic carbocycles. The van der Waals surface area contributed by atoms with Crippen molar-refractivity contribution < 1.29 is 4.79 Å². The summed E-state index contributed by atoms with van der Waals surface area (Å²) in [6, 6.07) is 4.09. The van der Waals surface area contributed by atoms with Gasteiger partial charge in [-0.2, -0.15) is 0 Å². The van der Waals surface area contributed by atoms with E-state index in [1.54, 1.807) is 0 Å². The zero-order valence-electron chi connectivity index (χ0n) is 12.3. The Bertz CT molecular complexity index is 540. The van der Waals surface area contributed by atoms with E-state index >= 15 is 0 Å². The van der Waals surface area contributed by atoms with E-state index in [2.05, 4.69) is 32.6 Å². The number of hydrogen-bond acceptors (Lipinski definition) is 3. The highest BCUT2D eigenvalue weighted by Gasteiger charge is 2.32. The maximum atomic E-state index is 12.7. The molecule has 1 aromatic rings. The van der Waals surface area contributed by atoms with Gasteiger partial charge in [0.2, 0.25) is 0 Å². The van der Waals surface area contributed by atoms with Crippen molar-refractivity contribution in [3.05, 3.63) is 21.9 Å². The maximum absolute atomic E-state index is 12.7. The summed E-state index contributed by atoms with van der Waals surface area (Å²) in [6.07, 6.45) is 1.20. The third kappa shape index (κ3) is 3.23. The van der Waals surface area contributed by atoms with E-state index < -0.39 is 0 Å². The number of carbonyl (C=O) groups is 1. The minimum Gasteiger partial charge on any atom is -0.335 e. The molecule has 3 nitrogen and oxygen atoms in total. The molecule has 0 spiro atoms. The molecule has 1 fully saturated rings. The van der Waals surface area contributed by atoms with Crippen molar-refractivity contribution in [1.29, 1.82) is 0 Å². The SMILES string of the molecule is CC1CC(C)C(C)N(C(=O)c2ccc(C#CCN)s2)C1. The van der Waals surface area contributed by atoms with Crippen LogP contribution >= 0.6 is 11.3 Å². The lowest BCUT2D eigenvalue weighted by Crippen LogP contribution is -2.48. The average Bonchev–Trinajstić information content (AvgIpc) is 2.88. The molecule has 2 N–H and O–H groups in total. The van der Waals surface area contributed by atoms with Gasteiger partial charge >= 0.3 is 0 Å². The van der Waals surface area contributed by atoms with E-state index in [0.717, 1.165) is 16.3 Å². The second kappa shape index (κ2) is 6.43. The standard InChI is InChI=1S/C16H22N2OS/c1-11-9-12(2)13(3)18(10-11)16(19)15-7-6-14(20-15)5-4-8-17/h6-7,11-13H,8-10,17H2,1-3H3. The lowest BCUT2D eigenvalue weighted by molar-refractivity contribution is 0.0460. The molecular weight excluding hydrogens is 268 g/mol. The molecule has 2 heterocycles. The highest BCUT2D eigenvalue weighted by atomic mass is 32.1. The van der Waals surface area contributed by atoms with Crippen LogP contribution < -0.4 is 5.73 Å². The van der Waals surface area contributed by atoms with Crippen molar-refractivity contribution in [3.8, 4) is 11.8 Å². The highest BCUT2D eigenvalue weighted by Crippen LogP contribution is 2.29. The van der Waals surface area contributed by atoms with Crippen molar-refractivity contribution in [2.75, 3.05) is 13.1 Å². The number of piperidine rings is 1. The number of thiophene rings is 1. The van der Waals surface area contributed by atoms with Gasteiger partial charge in [-0.1, -0.05) is 25.7 Å². The zero-order chi connectivity index (χ0) is 14.7. The number of nitrogens with two attached hydrogens (primary N) is 1. The Balaban J connectivity index is 2.15. The van der Waals surface area contributed by atoms with Crippen LogP contribution in [0.15, 0.2) is 12.1 Å². The van der Waals surface area contributed by atoms with E-state index in [1.807, 2.05) is 17.0 Å². The Morgan fingerprint density at radius 2 is 2.20 bits per heavy atom. The molecule has 4 heteroatoms. The van der Waals surface area contributed by atoms with Crippen LogP contribution in [0.5, 0.6) is 0 Å². The molecule has 2 rings (SSSR count). The van der Waals surface area contributed by atoms with Crippen molar-refractivity contribution in [2.24, 2.45) is 17.6 Å². The van der Waals surface area contributed by atoms with Crippen LogP contribution in [0.4, 0.5) is 0 Å². The molecule has 1 saturated heterocycles. The van der Waals surface area contributed by atoms with E-state index in [0.29, 0.717) is 24.4 Å². The van der Waals surface area contributed by atoms with Gasteiger partial charge in [0.15, 0.2) is 0 Å². The molecular formula is C16H22N2OS. The molecule has 0 aromatic carbocycles. The van der Waals surface area contributed by atoms with Crippen LogP contribution in [0.3, 0.4) is 0 Å². The molecule has 3 atom stereocenters. The Kier molecular flexibility index (Phi) is 4.85. The number of likely N-dealkylation sites (tertiary alicyclic amines) is 1. The summed E-state index contributed by atoms with van der Waals surface area (Å²) in [6.45, 7) is 7.80. The van der Waals surface area contributed by atoms with Crippen LogP contribution in [0.2, 0.25) is 0 Å². The van der Waals surface area contributed by atoms with Gasteiger partial charge in [-0.05, 0) is 37.3 Å². The van der Waals surface area contributed by atoms with Gasteiger partial charge < -0.3 is 10.6 Å². The van der Waals surface area contributed by atoms with Crippen molar-refractivity contribution in [3.63, 3.8) is 0 Å². The molecule has 1 aromatic heterocycles. The predicted octanol–water partition coefficient (Wildman–Crippen LogP) is 2.56. The average molecular weight is 290 g/mol. The first kappa shape index (κ1) is 15.1. The summed E-state index contributed by atoms with van der Waals surface area (Å²) in [4.78, 5) is 16.4. The fraction of sp³-hybridized carbons (Fsp3) is 0.562. The van der Waals surface area contributed by atoms with E-state index in [1.165, 1.54) is 17.8 Å². The topological polar surface area (TPSA) is 46.3 Å². The van der Waals surface area contributed by atoms with Crippen LogP contribution in [0.25, 0.3) is 0 Å². The molecule has 108 valence electrons. The number of rotatable bonds is 1. The van der Waals surface area contributed by atoms with Gasteiger partial charge in [-0.3, -0.25) is 4.79 Å². The highest BCUT2D eigenvalue weighted by molar-refractivity contribution is 7.14. The summed E-state index contributed by atoms with van der Waals surface area (Å²) >= 11 is 1.46. The maximum Gasteiger partial charge on any atom is 0.264 e. The Morgan fingerprint density at radius 1 is 1.45 bits per heavy atom. The Morgan fingerprint density at radius 3 is 2.90 bits per heavy atom. The first-order valence-electron chi connectivity index (χ1n) is 7.12. The Hall–Kier alpha value is -1.31. The summed E-state index contributed by atoms with van der Waals surface area (Å²) in [5.74, 6) is 7.07. The molecule has 20 heavy (non-hydrogen) atoms. The predicted molar refractivity (Wildman–Crippen MR) is 83.7 cm³/mol. The molecule has 0 saturated carbocycles. The van der Waals surface area contributed by atoms with Crippen LogP contribution in [0, 0.1) is 23.7 Å².